The quantitative estimate of drug-likeness (QED) is 0.850. The highest BCUT2D eigenvalue weighted by Crippen LogP contribution is 2.17. The van der Waals surface area contributed by atoms with Crippen molar-refractivity contribution in [1.29, 1.82) is 0 Å². The monoisotopic (exact) mass is 361 g/mol. The molecule has 6 nitrogen and oxygen atoms in total. The molecule has 1 aromatic carbocycles. The van der Waals surface area contributed by atoms with Gasteiger partial charge in [0.05, 0.1) is 4.90 Å². The summed E-state index contributed by atoms with van der Waals surface area (Å²) in [7, 11) is -3.46. The molecule has 1 fully saturated rings. The van der Waals surface area contributed by atoms with Gasteiger partial charge in [-0.05, 0) is 25.5 Å². The van der Waals surface area contributed by atoms with Crippen molar-refractivity contribution in [2.75, 3.05) is 26.2 Å². The van der Waals surface area contributed by atoms with Crippen LogP contribution in [0.3, 0.4) is 0 Å². The average Bonchev–Trinajstić information content (AvgIpc) is 2.53. The van der Waals surface area contributed by atoms with Crippen LogP contribution in [0.5, 0.6) is 0 Å². The summed E-state index contributed by atoms with van der Waals surface area (Å²) in [5.74, 6) is 0.0501. The summed E-state index contributed by atoms with van der Waals surface area (Å²) in [6, 6.07) is 8.39. The summed E-state index contributed by atoms with van der Waals surface area (Å²) >= 11 is 0. The Balaban J connectivity index is 0.00000264. The molecule has 0 aromatic heterocycles. The molecule has 1 amide bonds. The van der Waals surface area contributed by atoms with Crippen molar-refractivity contribution in [1.82, 2.24) is 9.21 Å². The number of nitrogens with zero attached hydrogens (tertiary/aromatic N) is 2. The first kappa shape index (κ1) is 19.9. The second-order valence-corrected chi connectivity index (χ2v) is 7.55. The van der Waals surface area contributed by atoms with Gasteiger partial charge in [-0.2, -0.15) is 4.31 Å². The second kappa shape index (κ2) is 8.63. The Bertz CT molecular complexity index is 600. The van der Waals surface area contributed by atoms with Crippen LogP contribution in [0, 0.1) is 0 Å². The van der Waals surface area contributed by atoms with Gasteiger partial charge in [0.1, 0.15) is 0 Å². The van der Waals surface area contributed by atoms with E-state index in [0.717, 1.165) is 0 Å². The normalized spacial score (nSPS) is 17.4. The lowest BCUT2D eigenvalue weighted by Gasteiger charge is -2.34. The van der Waals surface area contributed by atoms with E-state index >= 15 is 0 Å². The average molecular weight is 362 g/mol. The fraction of sp³-hybridized carbons (Fsp3) is 0.533. The Labute approximate surface area is 144 Å². The van der Waals surface area contributed by atoms with Crippen LogP contribution in [0.2, 0.25) is 0 Å². The maximum atomic E-state index is 12.5. The summed E-state index contributed by atoms with van der Waals surface area (Å²) in [4.78, 5) is 14.1. The standard InChI is InChI=1S/C15H23N3O3S.ClH/c1-13(16)7-8-15(19)17-9-11-18(12-10-17)22(20,21)14-5-3-2-4-6-14;/h2-6,13H,7-12,16H2,1H3;1H. The van der Waals surface area contributed by atoms with Gasteiger partial charge in [0, 0.05) is 38.6 Å². The molecule has 1 heterocycles. The zero-order chi connectivity index (χ0) is 16.2. The van der Waals surface area contributed by atoms with E-state index in [1.165, 1.54) is 4.31 Å². The van der Waals surface area contributed by atoms with Crippen LogP contribution in [0.4, 0.5) is 0 Å². The van der Waals surface area contributed by atoms with E-state index in [4.69, 9.17) is 5.73 Å². The number of nitrogens with two attached hydrogens (primary N) is 1. The molecule has 1 saturated heterocycles. The van der Waals surface area contributed by atoms with Crippen LogP contribution in [0.1, 0.15) is 19.8 Å². The molecule has 8 heteroatoms. The Kier molecular flexibility index (Phi) is 7.47. The van der Waals surface area contributed by atoms with Crippen LogP contribution in [0.15, 0.2) is 35.2 Å². The second-order valence-electron chi connectivity index (χ2n) is 5.61. The predicted octanol–water partition coefficient (Wildman–Crippen LogP) is 1.07. The number of benzene rings is 1. The van der Waals surface area contributed by atoms with Gasteiger partial charge < -0.3 is 10.6 Å². The number of rotatable bonds is 5. The number of piperazine rings is 1. The Morgan fingerprint density at radius 1 is 1.17 bits per heavy atom. The molecule has 0 spiro atoms. The van der Waals surface area contributed by atoms with Crippen LogP contribution in [-0.2, 0) is 14.8 Å². The van der Waals surface area contributed by atoms with Gasteiger partial charge in [0.2, 0.25) is 15.9 Å². The summed E-state index contributed by atoms with van der Waals surface area (Å²) in [6.07, 6.45) is 1.07. The zero-order valence-electron chi connectivity index (χ0n) is 13.2. The first-order chi connectivity index (χ1) is 10.4. The van der Waals surface area contributed by atoms with E-state index < -0.39 is 10.0 Å². The number of sulfonamides is 1. The molecule has 0 aliphatic carbocycles. The lowest BCUT2D eigenvalue weighted by molar-refractivity contribution is -0.132. The van der Waals surface area contributed by atoms with Crippen molar-refractivity contribution in [3.8, 4) is 0 Å². The molecule has 2 rings (SSSR count). The third-order valence-electron chi connectivity index (χ3n) is 3.79. The first-order valence-corrected chi connectivity index (χ1v) is 8.94. The number of halogens is 1. The fourth-order valence-electron chi connectivity index (χ4n) is 2.43. The maximum absolute atomic E-state index is 12.5. The van der Waals surface area contributed by atoms with Crippen LogP contribution in [0.25, 0.3) is 0 Å². The van der Waals surface area contributed by atoms with Gasteiger partial charge in [-0.15, -0.1) is 12.4 Å². The van der Waals surface area contributed by atoms with Crippen molar-refractivity contribution in [2.45, 2.75) is 30.7 Å². The van der Waals surface area contributed by atoms with E-state index in [0.29, 0.717) is 43.9 Å². The van der Waals surface area contributed by atoms with E-state index in [9.17, 15) is 13.2 Å². The molecule has 1 unspecified atom stereocenters. The third kappa shape index (κ3) is 5.17. The van der Waals surface area contributed by atoms with E-state index in [2.05, 4.69) is 0 Å². The molecule has 1 aliphatic heterocycles. The SMILES string of the molecule is CC(N)CCC(=O)N1CCN(S(=O)(=O)c2ccccc2)CC1.Cl. The van der Waals surface area contributed by atoms with Crippen LogP contribution >= 0.6 is 12.4 Å². The van der Waals surface area contributed by atoms with Crippen molar-refractivity contribution in [3.63, 3.8) is 0 Å². The maximum Gasteiger partial charge on any atom is 0.243 e. The summed E-state index contributed by atoms with van der Waals surface area (Å²) < 4.78 is 26.4. The lowest BCUT2D eigenvalue weighted by atomic mass is 10.2. The number of carbonyl (C=O) groups is 1. The largest absolute Gasteiger partial charge is 0.340 e. The number of carbonyl (C=O) groups excluding carboxylic acids is 1. The molecule has 0 saturated carbocycles. The Morgan fingerprint density at radius 3 is 2.26 bits per heavy atom. The van der Waals surface area contributed by atoms with Gasteiger partial charge in [-0.1, -0.05) is 18.2 Å². The van der Waals surface area contributed by atoms with Gasteiger partial charge >= 0.3 is 0 Å². The molecular weight excluding hydrogens is 338 g/mol. The van der Waals surface area contributed by atoms with Gasteiger partial charge in [0.25, 0.3) is 0 Å². The van der Waals surface area contributed by atoms with Gasteiger partial charge in [-0.25, -0.2) is 8.42 Å². The van der Waals surface area contributed by atoms with E-state index in [1.807, 2.05) is 6.92 Å². The first-order valence-electron chi connectivity index (χ1n) is 7.50. The highest BCUT2D eigenvalue weighted by atomic mass is 35.5. The molecule has 0 bridgehead atoms. The van der Waals surface area contributed by atoms with Gasteiger partial charge in [-0.3, -0.25) is 4.79 Å². The molecule has 2 N–H and O–H groups in total. The molecule has 1 atom stereocenters. The molecule has 1 aliphatic rings. The number of hydrogen-bond donors (Lipinski definition) is 1. The molecular formula is C15H24ClN3O3S. The Hall–Kier alpha value is -1.15. The summed E-state index contributed by atoms with van der Waals surface area (Å²) in [5, 5.41) is 0. The topological polar surface area (TPSA) is 83.7 Å². The minimum atomic E-state index is -3.46. The van der Waals surface area contributed by atoms with E-state index in [-0.39, 0.29) is 24.4 Å². The van der Waals surface area contributed by atoms with Crippen molar-refractivity contribution in [3.05, 3.63) is 30.3 Å². The molecule has 0 radical (unpaired) electrons. The van der Waals surface area contributed by atoms with Crippen molar-refractivity contribution < 1.29 is 13.2 Å². The summed E-state index contributed by atoms with van der Waals surface area (Å²) in [6.45, 7) is 3.41. The zero-order valence-corrected chi connectivity index (χ0v) is 14.9. The smallest absolute Gasteiger partial charge is 0.243 e. The molecule has 23 heavy (non-hydrogen) atoms. The number of amides is 1. The lowest BCUT2D eigenvalue weighted by Crippen LogP contribution is -2.50. The summed E-state index contributed by atoms with van der Waals surface area (Å²) in [5.41, 5.74) is 5.66. The highest BCUT2D eigenvalue weighted by Gasteiger charge is 2.29. The van der Waals surface area contributed by atoms with Gasteiger partial charge in [0.15, 0.2) is 0 Å². The van der Waals surface area contributed by atoms with E-state index in [1.54, 1.807) is 35.2 Å². The molecule has 1 aromatic rings. The van der Waals surface area contributed by atoms with Crippen LogP contribution < -0.4 is 5.73 Å². The number of hydrogen-bond acceptors (Lipinski definition) is 4. The Morgan fingerprint density at radius 2 is 1.74 bits per heavy atom. The molecule has 130 valence electrons. The predicted molar refractivity (Wildman–Crippen MR) is 91.9 cm³/mol. The van der Waals surface area contributed by atoms with Crippen molar-refractivity contribution >= 4 is 28.3 Å². The minimum Gasteiger partial charge on any atom is -0.340 e. The third-order valence-corrected chi connectivity index (χ3v) is 5.70. The van der Waals surface area contributed by atoms with Crippen LogP contribution in [-0.4, -0.2) is 55.8 Å². The minimum absolute atomic E-state index is 0. The highest BCUT2D eigenvalue weighted by molar-refractivity contribution is 7.89. The van der Waals surface area contributed by atoms with Crippen molar-refractivity contribution in [2.24, 2.45) is 5.73 Å². The fourth-order valence-corrected chi connectivity index (χ4v) is 3.87.